The van der Waals surface area contributed by atoms with Gasteiger partial charge in [-0.05, 0) is 25.0 Å². The Morgan fingerprint density at radius 2 is 1.95 bits per heavy atom. The maximum absolute atomic E-state index is 13.4. The molecule has 1 aromatic carbocycles. The molecule has 1 saturated carbocycles. The number of carbonyl (C=O) groups excluding carboxylic acids is 1. The van der Waals surface area contributed by atoms with Crippen molar-refractivity contribution in [2.24, 2.45) is 5.73 Å². The predicted octanol–water partition coefficient (Wildman–Crippen LogP) is 2.75. The normalized spacial score (nSPS) is 17.6. The number of anilines is 1. The van der Waals surface area contributed by atoms with Crippen LogP contribution in [0.25, 0.3) is 0 Å². The van der Waals surface area contributed by atoms with Gasteiger partial charge < -0.3 is 16.4 Å². The molecule has 0 spiro atoms. The van der Waals surface area contributed by atoms with Gasteiger partial charge in [-0.25, -0.2) is 13.6 Å². The number of rotatable bonds is 3. The van der Waals surface area contributed by atoms with E-state index in [9.17, 15) is 13.6 Å². The second-order valence-corrected chi connectivity index (χ2v) is 5.35. The van der Waals surface area contributed by atoms with Gasteiger partial charge in [0.25, 0.3) is 0 Å². The highest BCUT2D eigenvalue weighted by atomic mass is 19.1. The SMILES string of the molecule is NC1(CNC(=O)Nc2ccc(F)cc2F)CCCCC1. The quantitative estimate of drug-likeness (QED) is 0.798. The lowest BCUT2D eigenvalue weighted by atomic mass is 9.82. The van der Waals surface area contributed by atoms with E-state index in [1.807, 2.05) is 0 Å². The second-order valence-electron chi connectivity index (χ2n) is 5.35. The van der Waals surface area contributed by atoms with E-state index in [2.05, 4.69) is 10.6 Å². The lowest BCUT2D eigenvalue weighted by molar-refractivity contribution is 0.241. The molecule has 4 nitrogen and oxygen atoms in total. The van der Waals surface area contributed by atoms with E-state index in [1.54, 1.807) is 0 Å². The minimum atomic E-state index is -0.805. The van der Waals surface area contributed by atoms with Gasteiger partial charge in [-0.3, -0.25) is 0 Å². The van der Waals surface area contributed by atoms with Crippen LogP contribution in [0, 0.1) is 11.6 Å². The standard InChI is InChI=1S/C14H19F2N3O/c15-10-4-5-12(11(16)8-10)19-13(20)18-9-14(17)6-2-1-3-7-14/h4-5,8H,1-3,6-7,9,17H2,(H2,18,19,20). The topological polar surface area (TPSA) is 67.1 Å². The summed E-state index contributed by atoms with van der Waals surface area (Å²) in [7, 11) is 0. The summed E-state index contributed by atoms with van der Waals surface area (Å²) in [4.78, 5) is 11.7. The van der Waals surface area contributed by atoms with Crippen molar-refractivity contribution in [3.05, 3.63) is 29.8 Å². The first-order valence-electron chi connectivity index (χ1n) is 6.77. The molecule has 2 rings (SSSR count). The van der Waals surface area contributed by atoms with Crippen LogP contribution in [-0.2, 0) is 0 Å². The molecule has 0 unspecified atom stereocenters. The number of urea groups is 1. The van der Waals surface area contributed by atoms with Gasteiger partial charge in [-0.1, -0.05) is 19.3 Å². The Hall–Kier alpha value is -1.69. The number of benzene rings is 1. The summed E-state index contributed by atoms with van der Waals surface area (Å²) in [5.74, 6) is -1.49. The van der Waals surface area contributed by atoms with Crippen LogP contribution in [0.3, 0.4) is 0 Å². The van der Waals surface area contributed by atoms with Gasteiger partial charge in [-0.15, -0.1) is 0 Å². The van der Waals surface area contributed by atoms with Gasteiger partial charge in [0.15, 0.2) is 0 Å². The van der Waals surface area contributed by atoms with Gasteiger partial charge in [0.05, 0.1) is 5.69 Å². The molecule has 0 aliphatic heterocycles. The maximum atomic E-state index is 13.4. The van der Waals surface area contributed by atoms with Crippen molar-refractivity contribution < 1.29 is 13.6 Å². The molecule has 1 aromatic rings. The fraction of sp³-hybridized carbons (Fsp3) is 0.500. The van der Waals surface area contributed by atoms with Crippen molar-refractivity contribution in [2.45, 2.75) is 37.6 Å². The molecule has 1 aliphatic carbocycles. The van der Waals surface area contributed by atoms with Crippen molar-refractivity contribution in [3.63, 3.8) is 0 Å². The van der Waals surface area contributed by atoms with E-state index < -0.39 is 17.7 Å². The van der Waals surface area contributed by atoms with Gasteiger partial charge in [0.1, 0.15) is 11.6 Å². The van der Waals surface area contributed by atoms with Crippen molar-refractivity contribution in [1.29, 1.82) is 0 Å². The first-order chi connectivity index (χ1) is 9.48. The third-order valence-corrected chi connectivity index (χ3v) is 3.63. The Balaban J connectivity index is 1.86. The van der Waals surface area contributed by atoms with Crippen LogP contribution in [-0.4, -0.2) is 18.1 Å². The number of amides is 2. The average molecular weight is 283 g/mol. The Morgan fingerprint density at radius 1 is 1.25 bits per heavy atom. The molecule has 1 aliphatic rings. The average Bonchev–Trinajstić information content (AvgIpc) is 2.41. The van der Waals surface area contributed by atoms with Crippen LogP contribution in [0.4, 0.5) is 19.3 Å². The van der Waals surface area contributed by atoms with Gasteiger partial charge >= 0.3 is 6.03 Å². The number of hydrogen-bond donors (Lipinski definition) is 3. The second kappa shape index (κ2) is 6.17. The van der Waals surface area contributed by atoms with Crippen molar-refractivity contribution in [3.8, 4) is 0 Å². The van der Waals surface area contributed by atoms with E-state index in [0.717, 1.165) is 37.8 Å². The molecule has 0 radical (unpaired) electrons. The first kappa shape index (κ1) is 14.7. The molecule has 4 N–H and O–H groups in total. The molecule has 0 bridgehead atoms. The Kier molecular flexibility index (Phi) is 4.54. The molecule has 0 heterocycles. The van der Waals surface area contributed by atoms with Crippen LogP contribution >= 0.6 is 0 Å². The number of carbonyl (C=O) groups is 1. The molecule has 110 valence electrons. The highest BCUT2D eigenvalue weighted by Crippen LogP contribution is 2.25. The van der Waals surface area contributed by atoms with E-state index in [4.69, 9.17) is 5.73 Å². The largest absolute Gasteiger partial charge is 0.336 e. The number of nitrogens with one attached hydrogen (secondary N) is 2. The molecule has 2 amide bonds. The highest BCUT2D eigenvalue weighted by Gasteiger charge is 2.27. The Labute approximate surface area is 116 Å². The number of nitrogens with two attached hydrogens (primary N) is 1. The molecular formula is C14H19F2N3O. The van der Waals surface area contributed by atoms with Crippen LogP contribution in [0.15, 0.2) is 18.2 Å². The summed E-state index contributed by atoms with van der Waals surface area (Å²) in [6.45, 7) is 0.349. The zero-order valence-electron chi connectivity index (χ0n) is 11.2. The van der Waals surface area contributed by atoms with E-state index in [-0.39, 0.29) is 11.2 Å². The Bertz CT molecular complexity index is 487. The molecule has 6 heteroatoms. The first-order valence-corrected chi connectivity index (χ1v) is 6.77. The van der Waals surface area contributed by atoms with Crippen molar-refractivity contribution >= 4 is 11.7 Å². The molecule has 0 saturated heterocycles. The summed E-state index contributed by atoms with van der Waals surface area (Å²) in [5, 5.41) is 4.99. The van der Waals surface area contributed by atoms with E-state index in [1.165, 1.54) is 12.5 Å². The predicted molar refractivity (Wildman–Crippen MR) is 73.4 cm³/mol. The lowest BCUT2D eigenvalue weighted by Gasteiger charge is -2.33. The summed E-state index contributed by atoms with van der Waals surface area (Å²) in [6.07, 6.45) is 5.04. The summed E-state index contributed by atoms with van der Waals surface area (Å²) in [6, 6.07) is 2.46. The fourth-order valence-electron chi connectivity index (χ4n) is 2.45. The minimum absolute atomic E-state index is 0.0568. The van der Waals surface area contributed by atoms with Crippen LogP contribution in [0.2, 0.25) is 0 Å². The van der Waals surface area contributed by atoms with E-state index >= 15 is 0 Å². The molecule has 0 atom stereocenters. The van der Waals surface area contributed by atoms with Gasteiger partial charge in [0, 0.05) is 18.2 Å². The van der Waals surface area contributed by atoms with Crippen LogP contribution in [0.5, 0.6) is 0 Å². The van der Waals surface area contributed by atoms with Gasteiger partial charge in [0.2, 0.25) is 0 Å². The highest BCUT2D eigenvalue weighted by molar-refractivity contribution is 5.89. The Morgan fingerprint density at radius 3 is 2.60 bits per heavy atom. The van der Waals surface area contributed by atoms with E-state index in [0.29, 0.717) is 6.54 Å². The smallest absolute Gasteiger partial charge is 0.319 e. The van der Waals surface area contributed by atoms with Gasteiger partial charge in [-0.2, -0.15) is 0 Å². The molecule has 0 aromatic heterocycles. The number of hydrogen-bond acceptors (Lipinski definition) is 2. The lowest BCUT2D eigenvalue weighted by Crippen LogP contribution is -2.52. The summed E-state index contributed by atoms with van der Waals surface area (Å²) < 4.78 is 26.1. The third kappa shape index (κ3) is 3.90. The minimum Gasteiger partial charge on any atom is -0.336 e. The van der Waals surface area contributed by atoms with Crippen LogP contribution < -0.4 is 16.4 Å². The third-order valence-electron chi connectivity index (χ3n) is 3.63. The monoisotopic (exact) mass is 283 g/mol. The molecular weight excluding hydrogens is 264 g/mol. The summed E-state index contributed by atoms with van der Waals surface area (Å²) >= 11 is 0. The van der Waals surface area contributed by atoms with Crippen molar-refractivity contribution in [2.75, 3.05) is 11.9 Å². The van der Waals surface area contributed by atoms with Crippen molar-refractivity contribution in [1.82, 2.24) is 5.32 Å². The zero-order valence-corrected chi connectivity index (χ0v) is 11.2. The maximum Gasteiger partial charge on any atom is 0.319 e. The molecule has 1 fully saturated rings. The summed E-state index contributed by atoms with van der Waals surface area (Å²) in [5.41, 5.74) is 5.75. The fourth-order valence-corrected chi connectivity index (χ4v) is 2.45. The zero-order chi connectivity index (χ0) is 14.6. The molecule has 20 heavy (non-hydrogen) atoms. The number of halogens is 2. The van der Waals surface area contributed by atoms with Crippen LogP contribution in [0.1, 0.15) is 32.1 Å².